The maximum atomic E-state index is 10.4. The van der Waals surface area contributed by atoms with Gasteiger partial charge >= 0.3 is 0 Å². The first kappa shape index (κ1) is 9.58. The fourth-order valence-corrected chi connectivity index (χ4v) is 1.80. The number of hydrogen-bond acceptors (Lipinski definition) is 1. The van der Waals surface area contributed by atoms with Crippen molar-refractivity contribution in [2.45, 2.75) is 6.42 Å². The van der Waals surface area contributed by atoms with Crippen LogP contribution < -0.4 is 0 Å². The zero-order valence-electron chi connectivity index (χ0n) is 6.15. The van der Waals surface area contributed by atoms with E-state index in [4.69, 9.17) is 0 Å². The monoisotopic (exact) mass is 211 g/mol. The van der Waals surface area contributed by atoms with Crippen LogP contribution in [-0.4, -0.2) is 30.8 Å². The number of carbonyl (C=O) groups is 1. The Hall–Kier alpha value is 0.580. The summed E-state index contributed by atoms with van der Waals surface area (Å²) >= 11 is 2.91. The largest absolute Gasteiger partial charge is 0.287 e. The van der Waals surface area contributed by atoms with E-state index in [9.17, 15) is 4.79 Å². The van der Waals surface area contributed by atoms with Crippen LogP contribution in [-0.2, 0) is 4.79 Å². The normalized spacial score (nSPS) is 11.6. The van der Waals surface area contributed by atoms with Crippen LogP contribution in [0.25, 0.3) is 0 Å². The molecule has 3 heteroatoms. The lowest BCUT2D eigenvalue weighted by molar-refractivity contribution is -0.110. The van der Waals surface area contributed by atoms with E-state index in [2.05, 4.69) is 35.9 Å². The van der Waals surface area contributed by atoms with E-state index in [0.29, 0.717) is 6.42 Å². The third kappa shape index (κ3) is 8.58. The highest BCUT2D eigenvalue weighted by Crippen LogP contribution is 2.46. The molecule has 0 aliphatic carbocycles. The van der Waals surface area contributed by atoms with Crippen LogP contribution >= 0.6 is 23.2 Å². The van der Waals surface area contributed by atoms with Gasteiger partial charge in [0.25, 0.3) is 0 Å². The van der Waals surface area contributed by atoms with Crippen LogP contribution in [0.5, 0.6) is 0 Å². The van der Waals surface area contributed by atoms with Gasteiger partial charge in [0, 0.05) is 27.3 Å². The maximum Gasteiger partial charge on any atom is 0.201 e. The quantitative estimate of drug-likeness (QED) is 0.517. The first-order valence-corrected chi connectivity index (χ1v) is 7.01. The average Bonchev–Trinajstić information content (AvgIpc) is 1.59. The highest BCUT2D eigenvalue weighted by atomic mass is 79.9. The van der Waals surface area contributed by atoms with Gasteiger partial charge in [-0.05, 0) is 15.9 Å². The summed E-state index contributed by atoms with van der Waals surface area (Å²) in [5.74, 6) is 0. The van der Waals surface area contributed by atoms with Gasteiger partial charge in [-0.3, -0.25) is 4.79 Å². The Bertz CT molecular complexity index is 106. The summed E-state index contributed by atoms with van der Waals surface area (Å²) in [6.45, 7) is 6.72. The zero-order valence-corrected chi connectivity index (χ0v) is 8.63. The summed E-state index contributed by atoms with van der Waals surface area (Å²) in [7, 11) is -0.720. The second kappa shape index (κ2) is 3.68. The van der Waals surface area contributed by atoms with E-state index in [1.807, 2.05) is 0 Å². The van der Waals surface area contributed by atoms with Gasteiger partial charge in [-0.1, -0.05) is 0 Å². The number of hydrogen-bond donors (Lipinski definition) is 0. The summed E-state index contributed by atoms with van der Waals surface area (Å²) < 4.78 is 0.137. The molecule has 0 aromatic rings. The van der Waals surface area contributed by atoms with Crippen molar-refractivity contribution in [1.29, 1.82) is 0 Å². The number of rotatable bonds is 3. The Morgan fingerprint density at radius 3 is 2.00 bits per heavy atom. The highest BCUT2D eigenvalue weighted by Gasteiger charge is 2.17. The summed E-state index contributed by atoms with van der Waals surface area (Å²) in [5, 5.41) is 0. The molecule has 0 saturated heterocycles. The molecule has 0 amide bonds. The molecule has 0 unspecified atom stereocenters. The maximum absolute atomic E-state index is 10.4. The molecule has 0 atom stereocenters. The second-order valence-corrected chi connectivity index (χ2v) is 9.03. The minimum atomic E-state index is -0.720. The van der Waals surface area contributed by atoms with Gasteiger partial charge in [-0.25, -0.2) is 0 Å². The summed E-state index contributed by atoms with van der Waals surface area (Å²) in [6, 6.07) is 0. The fourth-order valence-electron chi connectivity index (χ4n) is 0.423. The van der Waals surface area contributed by atoms with E-state index in [1.54, 1.807) is 0 Å². The summed E-state index contributed by atoms with van der Waals surface area (Å²) in [4.78, 5) is 10.4. The molecule has 0 N–H and O–H groups in total. The van der Waals surface area contributed by atoms with Crippen molar-refractivity contribution in [3.8, 4) is 0 Å². The van der Waals surface area contributed by atoms with Gasteiger partial charge in [0.2, 0.25) is 4.69 Å². The molecule has 0 aliphatic rings. The molecule has 0 rings (SSSR count). The molecule has 54 valence electrons. The molecule has 0 aromatic carbocycles. The molecule has 0 fully saturated rings. The Balaban J connectivity index is 3.39. The number of halogens is 1. The Kier molecular flexibility index (Phi) is 3.91. The predicted octanol–water partition coefficient (Wildman–Crippen LogP) is 2.21. The molecule has 0 saturated carbocycles. The van der Waals surface area contributed by atoms with Crippen LogP contribution in [0.1, 0.15) is 6.42 Å². The molecule has 1 nitrogen and oxygen atoms in total. The molecule has 0 heterocycles. The minimum Gasteiger partial charge on any atom is -0.287 e. The van der Waals surface area contributed by atoms with Crippen molar-refractivity contribution in [3.63, 3.8) is 0 Å². The SMILES string of the molecule is C[P+](C)(C)CCC(=O)Br. The van der Waals surface area contributed by atoms with Crippen LogP contribution in [0.4, 0.5) is 0 Å². The summed E-state index contributed by atoms with van der Waals surface area (Å²) in [5.41, 5.74) is 0. The predicted molar refractivity (Wildman–Crippen MR) is 48.1 cm³/mol. The minimum absolute atomic E-state index is 0.137. The van der Waals surface area contributed by atoms with Crippen LogP contribution in [0.3, 0.4) is 0 Å². The molecule has 0 radical (unpaired) electrons. The molecule has 0 bridgehead atoms. The van der Waals surface area contributed by atoms with Crippen molar-refractivity contribution in [3.05, 3.63) is 0 Å². The van der Waals surface area contributed by atoms with Gasteiger partial charge in [0.1, 0.15) is 0 Å². The Labute approximate surface area is 65.7 Å². The molecule has 0 aromatic heterocycles. The van der Waals surface area contributed by atoms with E-state index in [-0.39, 0.29) is 4.69 Å². The molecular formula is C6H13BrOP+. The van der Waals surface area contributed by atoms with Crippen molar-refractivity contribution in [2.75, 3.05) is 26.2 Å². The third-order valence-electron chi connectivity index (χ3n) is 0.979. The van der Waals surface area contributed by atoms with Crippen molar-refractivity contribution < 1.29 is 4.79 Å². The van der Waals surface area contributed by atoms with Crippen molar-refractivity contribution in [1.82, 2.24) is 0 Å². The van der Waals surface area contributed by atoms with E-state index < -0.39 is 7.26 Å². The summed E-state index contributed by atoms with van der Waals surface area (Å²) in [6.07, 6.45) is 1.76. The van der Waals surface area contributed by atoms with Crippen molar-refractivity contribution >= 4 is 27.9 Å². The zero-order chi connectivity index (χ0) is 7.49. The standard InChI is InChI=1S/C6H13BrOP/c1-9(2,3)5-4-6(7)8/h4-5H2,1-3H3/q+1. The van der Waals surface area contributed by atoms with Gasteiger partial charge in [-0.15, -0.1) is 0 Å². The lowest BCUT2D eigenvalue weighted by Gasteiger charge is -2.08. The van der Waals surface area contributed by atoms with Gasteiger partial charge in [-0.2, -0.15) is 0 Å². The third-order valence-corrected chi connectivity index (χ3v) is 2.94. The lowest BCUT2D eigenvalue weighted by Crippen LogP contribution is -1.96. The van der Waals surface area contributed by atoms with E-state index in [1.165, 1.54) is 0 Å². The van der Waals surface area contributed by atoms with Crippen LogP contribution in [0.2, 0.25) is 0 Å². The molecular weight excluding hydrogens is 199 g/mol. The van der Waals surface area contributed by atoms with Crippen LogP contribution in [0, 0.1) is 0 Å². The Morgan fingerprint density at radius 1 is 1.44 bits per heavy atom. The molecule has 0 aliphatic heterocycles. The first-order valence-electron chi connectivity index (χ1n) is 2.90. The average molecular weight is 212 g/mol. The van der Waals surface area contributed by atoms with Crippen molar-refractivity contribution in [2.24, 2.45) is 0 Å². The topological polar surface area (TPSA) is 17.1 Å². The fraction of sp³-hybridized carbons (Fsp3) is 0.833. The van der Waals surface area contributed by atoms with Gasteiger partial charge < -0.3 is 0 Å². The lowest BCUT2D eigenvalue weighted by atomic mass is 10.6. The molecule has 0 spiro atoms. The second-order valence-electron chi connectivity index (χ2n) is 3.12. The number of carbonyl (C=O) groups excluding carboxylic acids is 1. The van der Waals surface area contributed by atoms with E-state index >= 15 is 0 Å². The van der Waals surface area contributed by atoms with E-state index in [0.717, 1.165) is 6.16 Å². The highest BCUT2D eigenvalue weighted by molar-refractivity contribution is 9.18. The Morgan fingerprint density at radius 2 is 1.89 bits per heavy atom. The smallest absolute Gasteiger partial charge is 0.201 e. The molecule has 9 heavy (non-hydrogen) atoms. The first-order chi connectivity index (χ1) is 3.92. The van der Waals surface area contributed by atoms with Crippen LogP contribution in [0.15, 0.2) is 0 Å². The van der Waals surface area contributed by atoms with Gasteiger partial charge in [0.05, 0.1) is 12.6 Å². The van der Waals surface area contributed by atoms with Gasteiger partial charge in [0.15, 0.2) is 0 Å².